The van der Waals surface area contributed by atoms with Gasteiger partial charge in [0.15, 0.2) is 11.6 Å². The van der Waals surface area contributed by atoms with E-state index in [0.717, 1.165) is 42.1 Å². The van der Waals surface area contributed by atoms with Crippen LogP contribution in [0.1, 0.15) is 78.6 Å². The predicted octanol–water partition coefficient (Wildman–Crippen LogP) is 6.12. The number of halogens is 2. The van der Waals surface area contributed by atoms with Crippen LogP contribution in [0.2, 0.25) is 0 Å². The van der Waals surface area contributed by atoms with Gasteiger partial charge in [-0.1, -0.05) is 44.3 Å². The number of aromatic nitrogens is 3. The molecular formula is C29H39FIN3O2. The molecule has 4 saturated carbocycles. The summed E-state index contributed by atoms with van der Waals surface area (Å²) in [7, 11) is 0. The third kappa shape index (κ3) is 3.76. The van der Waals surface area contributed by atoms with Crippen LogP contribution in [0.25, 0.3) is 11.0 Å². The Morgan fingerprint density at radius 1 is 1.11 bits per heavy atom. The van der Waals surface area contributed by atoms with Crippen molar-refractivity contribution < 1.29 is 14.3 Å². The number of benzene rings is 1. The Kier molecular flexibility index (Phi) is 6.03. The van der Waals surface area contributed by atoms with Crippen LogP contribution >= 0.6 is 20.7 Å². The molecule has 1 aromatic heterocycles. The molecule has 0 aliphatic heterocycles. The van der Waals surface area contributed by atoms with Gasteiger partial charge in [0.2, 0.25) is 0 Å². The zero-order chi connectivity index (χ0) is 25.5. The maximum Gasteiger partial charge on any atom is 0.157 e. The fraction of sp³-hybridized carbons (Fsp3) is 0.724. The zero-order valence-corrected chi connectivity index (χ0v) is 23.9. The van der Waals surface area contributed by atoms with Crippen molar-refractivity contribution in [3.05, 3.63) is 21.5 Å². The van der Waals surface area contributed by atoms with E-state index in [-0.39, 0.29) is 35.0 Å². The van der Waals surface area contributed by atoms with Crippen molar-refractivity contribution in [2.24, 2.45) is 40.4 Å². The van der Waals surface area contributed by atoms with Crippen molar-refractivity contribution in [1.29, 1.82) is 0 Å². The third-order valence-electron chi connectivity index (χ3n) is 11.3. The van der Waals surface area contributed by atoms with Gasteiger partial charge in [0, 0.05) is 9.49 Å². The summed E-state index contributed by atoms with van der Waals surface area (Å²) in [6, 6.07) is 3.42. The van der Waals surface area contributed by atoms with Gasteiger partial charge in [-0.15, -0.1) is 5.10 Å². The van der Waals surface area contributed by atoms with Crippen LogP contribution in [0.15, 0.2) is 12.1 Å². The molecule has 5 nitrogen and oxygen atoms in total. The number of hydrogen-bond acceptors (Lipinski definition) is 4. The minimum atomic E-state index is -0.507. The van der Waals surface area contributed by atoms with Crippen LogP contribution < -0.4 is 0 Å². The molecule has 4 aliphatic carbocycles. The van der Waals surface area contributed by atoms with Gasteiger partial charge in [-0.25, -0.2) is 9.07 Å². The summed E-state index contributed by atoms with van der Waals surface area (Å²) >= 11 is -0.507. The van der Waals surface area contributed by atoms with Crippen molar-refractivity contribution in [3.8, 4) is 0 Å². The standard InChI is InChI=1S/C29H39FIN3O2/c1-27(36)11-12-28(2)17(15-27)5-6-19-20-7-8-22(29(20,3)10-9-21(19)28)25(35)16-34-24-14-18(31-4)13-23(30)26(24)32-33-34/h13-14,17,19-22,36H,4-12,15-16H2,1-3H3/t17-,19?,20+,21+,22-,27-,28+,29+/m1/s1. The molecule has 0 bridgehead atoms. The molecule has 1 unspecified atom stereocenters. The van der Waals surface area contributed by atoms with Gasteiger partial charge in [-0.05, 0) is 111 Å². The minimum absolute atomic E-state index is 0.0349. The number of ketones is 1. The molecule has 0 saturated heterocycles. The number of rotatable bonds is 4. The maximum atomic E-state index is 14.5. The van der Waals surface area contributed by atoms with Crippen LogP contribution in [0, 0.1) is 49.8 Å². The van der Waals surface area contributed by atoms with Crippen LogP contribution in [0.4, 0.5) is 4.39 Å². The molecule has 1 N–H and O–H groups in total. The average molecular weight is 608 g/mol. The number of aliphatic hydroxyl groups is 1. The Labute approximate surface area is 223 Å². The Morgan fingerprint density at radius 2 is 1.89 bits per heavy atom. The van der Waals surface area contributed by atoms with E-state index in [1.165, 1.54) is 25.3 Å². The minimum Gasteiger partial charge on any atom is -0.390 e. The molecule has 2 aromatic rings. The number of hydrogen-bond donors (Lipinski definition) is 1. The highest BCUT2D eigenvalue weighted by Crippen LogP contribution is 2.68. The first-order chi connectivity index (χ1) is 17.1. The molecule has 36 heavy (non-hydrogen) atoms. The van der Waals surface area contributed by atoms with Gasteiger partial charge in [-0.3, -0.25) is 4.79 Å². The van der Waals surface area contributed by atoms with E-state index < -0.39 is 26.3 Å². The Hall–Kier alpha value is -1.22. The Bertz CT molecular complexity index is 1230. The van der Waals surface area contributed by atoms with E-state index in [9.17, 15) is 14.3 Å². The first-order valence-corrected chi connectivity index (χ1v) is 16.3. The predicted molar refractivity (Wildman–Crippen MR) is 148 cm³/mol. The molecule has 0 amide bonds. The topological polar surface area (TPSA) is 68.0 Å². The zero-order valence-electron chi connectivity index (χ0n) is 21.8. The number of fused-ring (bicyclic) bond motifs is 6. The van der Waals surface area contributed by atoms with E-state index in [4.69, 9.17) is 0 Å². The molecular weight excluding hydrogens is 568 g/mol. The van der Waals surface area contributed by atoms with E-state index in [1.807, 2.05) is 13.0 Å². The maximum absolute atomic E-state index is 14.5. The lowest BCUT2D eigenvalue weighted by molar-refractivity contribution is -0.151. The number of nitrogens with zero attached hydrogens (tertiary/aromatic N) is 3. The van der Waals surface area contributed by atoms with Crippen LogP contribution in [0.5, 0.6) is 0 Å². The second kappa shape index (κ2) is 8.65. The first kappa shape index (κ1) is 25.1. The molecule has 4 aliphatic rings. The normalized spacial score (nSPS) is 42.1. The highest BCUT2D eigenvalue weighted by molar-refractivity contribution is 14.2. The summed E-state index contributed by atoms with van der Waals surface area (Å²) in [5.41, 5.74) is 0.719. The van der Waals surface area contributed by atoms with E-state index in [1.54, 1.807) is 4.68 Å². The molecule has 1 heterocycles. The fourth-order valence-electron chi connectivity index (χ4n) is 9.41. The second-order valence-corrected chi connectivity index (χ2v) is 15.1. The third-order valence-corrected chi connectivity index (χ3v) is 12.8. The van der Waals surface area contributed by atoms with E-state index >= 15 is 0 Å². The summed E-state index contributed by atoms with van der Waals surface area (Å²) in [6.45, 7) is 7.10. The molecule has 196 valence electrons. The van der Waals surface area contributed by atoms with Gasteiger partial charge >= 0.3 is 0 Å². The molecule has 1 aromatic carbocycles. The van der Waals surface area contributed by atoms with Crippen molar-refractivity contribution in [1.82, 2.24) is 15.0 Å². The number of carbonyl (C=O) groups is 1. The van der Waals surface area contributed by atoms with Crippen LogP contribution in [-0.4, -0.2) is 36.0 Å². The first-order valence-electron chi connectivity index (χ1n) is 13.7. The van der Waals surface area contributed by atoms with Gasteiger partial charge in [0.05, 0.1) is 11.1 Å². The SMILES string of the molecule is C=Ic1cc(F)c2nnn(CC(=O)[C@H]3CC[C@H]4C5CC[C@@H]6C[C@](C)(O)CC[C@]6(C)[C@H]5CC[C@]34C)c2c1. The Balaban J connectivity index is 1.23. The van der Waals surface area contributed by atoms with Gasteiger partial charge in [-0.2, -0.15) is 0 Å². The summed E-state index contributed by atoms with van der Waals surface area (Å²) < 4.78 is 21.0. The van der Waals surface area contributed by atoms with E-state index in [2.05, 4.69) is 28.7 Å². The number of carbonyl (C=O) groups excluding carboxylic acids is 1. The summed E-state index contributed by atoms with van der Waals surface area (Å²) in [5, 5.41) is 19.0. The van der Waals surface area contributed by atoms with Crippen molar-refractivity contribution in [3.63, 3.8) is 0 Å². The highest BCUT2D eigenvalue weighted by atomic mass is 127. The van der Waals surface area contributed by atoms with Crippen molar-refractivity contribution >= 4 is 42.1 Å². The van der Waals surface area contributed by atoms with Crippen LogP contribution in [0.3, 0.4) is 0 Å². The van der Waals surface area contributed by atoms with Gasteiger partial charge in [0.1, 0.15) is 12.1 Å². The summed E-state index contributed by atoms with van der Waals surface area (Å²) in [6.07, 6.45) is 9.84. The highest BCUT2D eigenvalue weighted by Gasteiger charge is 2.61. The second-order valence-electron chi connectivity index (χ2n) is 13.1. The lowest BCUT2D eigenvalue weighted by Gasteiger charge is -2.61. The smallest absolute Gasteiger partial charge is 0.157 e. The molecule has 8 atom stereocenters. The quantitative estimate of drug-likeness (QED) is 0.426. The fourth-order valence-corrected chi connectivity index (χ4v) is 10.4. The molecule has 7 heteroatoms. The monoisotopic (exact) mass is 607 g/mol. The van der Waals surface area contributed by atoms with Gasteiger partial charge in [0.25, 0.3) is 0 Å². The average Bonchev–Trinajstić information content (AvgIpc) is 3.40. The van der Waals surface area contributed by atoms with Crippen LogP contribution in [-0.2, 0) is 11.3 Å². The number of Topliss-reactive ketones (excluding diaryl/α,β-unsaturated/α-hetero) is 1. The summed E-state index contributed by atoms with van der Waals surface area (Å²) in [4.78, 5) is 13.8. The van der Waals surface area contributed by atoms with Crippen molar-refractivity contribution in [2.75, 3.05) is 0 Å². The largest absolute Gasteiger partial charge is 0.390 e. The van der Waals surface area contributed by atoms with Crippen molar-refractivity contribution in [2.45, 2.75) is 90.7 Å². The summed E-state index contributed by atoms with van der Waals surface area (Å²) in [5.74, 6) is 2.52. The lowest BCUT2D eigenvalue weighted by Crippen LogP contribution is -2.55. The van der Waals surface area contributed by atoms with E-state index in [0.29, 0.717) is 34.6 Å². The Morgan fingerprint density at radius 3 is 2.67 bits per heavy atom. The molecule has 6 rings (SSSR count). The molecule has 4 fully saturated rings. The molecule has 0 spiro atoms. The van der Waals surface area contributed by atoms with Gasteiger partial charge < -0.3 is 5.11 Å². The molecule has 0 radical (unpaired) electrons. The lowest BCUT2D eigenvalue weighted by atomic mass is 9.44.